The third-order valence-corrected chi connectivity index (χ3v) is 4.41. The number of methoxy groups -OCH3 is 1. The molecular formula is C13H16Br2F2O2. The van der Waals surface area contributed by atoms with Crippen LogP contribution in [0.1, 0.15) is 22.4 Å². The number of hydrogen-bond donors (Lipinski definition) is 0. The van der Waals surface area contributed by atoms with Gasteiger partial charge in [-0.15, -0.1) is 0 Å². The minimum atomic E-state index is -2.42. The Kier molecular flexibility index (Phi) is 7.25. The lowest BCUT2D eigenvalue weighted by atomic mass is 10.1. The van der Waals surface area contributed by atoms with Crippen molar-refractivity contribution in [2.75, 3.05) is 20.3 Å². The SMILES string of the molecule is COc1cc(C)c(Br)cc1C(Br)CCOCC(F)F. The number of hydrogen-bond acceptors (Lipinski definition) is 2. The van der Waals surface area contributed by atoms with Crippen LogP contribution in [0.5, 0.6) is 5.75 Å². The Hall–Kier alpha value is -0.200. The van der Waals surface area contributed by atoms with Gasteiger partial charge in [-0.05, 0) is 31.0 Å². The highest BCUT2D eigenvalue weighted by molar-refractivity contribution is 9.10. The molecule has 0 aliphatic rings. The Labute approximate surface area is 128 Å². The van der Waals surface area contributed by atoms with E-state index in [0.717, 1.165) is 21.3 Å². The molecule has 0 fully saturated rings. The van der Waals surface area contributed by atoms with Gasteiger partial charge < -0.3 is 9.47 Å². The first-order valence-corrected chi connectivity index (χ1v) is 7.50. The monoisotopic (exact) mass is 400 g/mol. The van der Waals surface area contributed by atoms with Gasteiger partial charge in [0.15, 0.2) is 0 Å². The second kappa shape index (κ2) is 8.17. The quantitative estimate of drug-likeness (QED) is 0.479. The van der Waals surface area contributed by atoms with Crippen LogP contribution in [0.3, 0.4) is 0 Å². The van der Waals surface area contributed by atoms with Crippen LogP contribution in [-0.4, -0.2) is 26.7 Å². The molecule has 108 valence electrons. The third kappa shape index (κ3) is 5.36. The van der Waals surface area contributed by atoms with Crippen LogP contribution in [0.25, 0.3) is 0 Å². The molecular weight excluding hydrogens is 386 g/mol. The van der Waals surface area contributed by atoms with E-state index in [2.05, 4.69) is 31.9 Å². The molecule has 0 N–H and O–H groups in total. The zero-order valence-electron chi connectivity index (χ0n) is 10.8. The molecule has 2 nitrogen and oxygen atoms in total. The van der Waals surface area contributed by atoms with Crippen LogP contribution in [-0.2, 0) is 4.74 Å². The fraction of sp³-hybridized carbons (Fsp3) is 0.538. The normalized spacial score (nSPS) is 12.8. The topological polar surface area (TPSA) is 18.5 Å². The van der Waals surface area contributed by atoms with E-state index in [1.807, 2.05) is 19.1 Å². The fourth-order valence-corrected chi connectivity index (χ4v) is 2.51. The predicted octanol–water partition coefficient (Wildman–Crippen LogP) is 4.87. The van der Waals surface area contributed by atoms with Crippen molar-refractivity contribution in [1.82, 2.24) is 0 Å². The lowest BCUT2D eigenvalue weighted by Gasteiger charge is -2.16. The van der Waals surface area contributed by atoms with Crippen LogP contribution < -0.4 is 4.74 Å². The van der Waals surface area contributed by atoms with Gasteiger partial charge in [0.05, 0.1) is 7.11 Å². The van der Waals surface area contributed by atoms with Crippen molar-refractivity contribution in [3.05, 3.63) is 27.7 Å². The van der Waals surface area contributed by atoms with Crippen molar-refractivity contribution in [2.45, 2.75) is 24.6 Å². The molecule has 19 heavy (non-hydrogen) atoms. The molecule has 0 saturated carbocycles. The van der Waals surface area contributed by atoms with Crippen molar-refractivity contribution in [2.24, 2.45) is 0 Å². The molecule has 0 heterocycles. The molecule has 0 aromatic heterocycles. The van der Waals surface area contributed by atoms with Crippen LogP contribution in [0.2, 0.25) is 0 Å². The summed E-state index contributed by atoms with van der Waals surface area (Å²) in [6.45, 7) is 1.73. The zero-order chi connectivity index (χ0) is 14.4. The molecule has 1 atom stereocenters. The van der Waals surface area contributed by atoms with Crippen LogP contribution >= 0.6 is 31.9 Å². The van der Waals surface area contributed by atoms with Gasteiger partial charge in [-0.3, -0.25) is 0 Å². The first kappa shape index (κ1) is 16.9. The summed E-state index contributed by atoms with van der Waals surface area (Å²) in [5.41, 5.74) is 2.05. The molecule has 0 aliphatic carbocycles. The summed E-state index contributed by atoms with van der Waals surface area (Å²) in [5, 5.41) is 0. The Morgan fingerprint density at radius 3 is 2.58 bits per heavy atom. The molecule has 0 amide bonds. The van der Waals surface area contributed by atoms with Gasteiger partial charge in [0.25, 0.3) is 6.43 Å². The summed E-state index contributed by atoms with van der Waals surface area (Å²) < 4.78 is 35.1. The second-order valence-corrected chi connectivity index (χ2v) is 6.03. The van der Waals surface area contributed by atoms with E-state index < -0.39 is 13.0 Å². The van der Waals surface area contributed by atoms with Crippen LogP contribution in [0.4, 0.5) is 8.78 Å². The van der Waals surface area contributed by atoms with E-state index in [9.17, 15) is 8.78 Å². The average molecular weight is 402 g/mol. The van der Waals surface area contributed by atoms with Crippen LogP contribution in [0.15, 0.2) is 16.6 Å². The number of rotatable bonds is 7. The summed E-state index contributed by atoms with van der Waals surface area (Å²) in [4.78, 5) is -0.00276. The maximum absolute atomic E-state index is 11.9. The van der Waals surface area contributed by atoms with E-state index in [-0.39, 0.29) is 11.4 Å². The number of alkyl halides is 3. The van der Waals surface area contributed by atoms with E-state index in [0.29, 0.717) is 6.42 Å². The summed E-state index contributed by atoms with van der Waals surface area (Å²) in [5.74, 6) is 0.774. The van der Waals surface area contributed by atoms with Crippen molar-refractivity contribution in [3.63, 3.8) is 0 Å². The van der Waals surface area contributed by atoms with E-state index in [1.54, 1.807) is 7.11 Å². The standard InChI is InChI=1S/C13H16Br2F2O2/c1-8-5-12(18-2)9(6-11(8)15)10(14)3-4-19-7-13(16)17/h5-6,10,13H,3-4,7H2,1-2H3. The first-order valence-electron chi connectivity index (χ1n) is 5.79. The molecule has 1 unspecified atom stereocenters. The molecule has 0 radical (unpaired) electrons. The summed E-state index contributed by atoms with van der Waals surface area (Å²) >= 11 is 7.01. The lowest BCUT2D eigenvalue weighted by Crippen LogP contribution is -2.07. The predicted molar refractivity (Wildman–Crippen MR) is 78.5 cm³/mol. The van der Waals surface area contributed by atoms with Gasteiger partial charge >= 0.3 is 0 Å². The minimum Gasteiger partial charge on any atom is -0.496 e. The van der Waals surface area contributed by atoms with Gasteiger partial charge in [0, 0.05) is 21.5 Å². The Morgan fingerprint density at radius 1 is 1.32 bits per heavy atom. The fourth-order valence-electron chi connectivity index (χ4n) is 1.61. The summed E-state index contributed by atoms with van der Waals surface area (Å²) in [6, 6.07) is 3.91. The van der Waals surface area contributed by atoms with Gasteiger partial charge in [0.2, 0.25) is 0 Å². The van der Waals surface area contributed by atoms with Crippen molar-refractivity contribution >= 4 is 31.9 Å². The number of halogens is 4. The van der Waals surface area contributed by atoms with Crippen molar-refractivity contribution < 1.29 is 18.3 Å². The van der Waals surface area contributed by atoms with Gasteiger partial charge in [-0.1, -0.05) is 31.9 Å². The van der Waals surface area contributed by atoms with E-state index in [4.69, 9.17) is 9.47 Å². The molecule has 1 rings (SSSR count). The molecule has 0 saturated heterocycles. The second-order valence-electron chi connectivity index (χ2n) is 4.07. The number of ether oxygens (including phenoxy) is 2. The first-order chi connectivity index (χ1) is 8.95. The molecule has 1 aromatic carbocycles. The summed E-state index contributed by atoms with van der Waals surface area (Å²) in [7, 11) is 1.61. The van der Waals surface area contributed by atoms with E-state index in [1.165, 1.54) is 0 Å². The van der Waals surface area contributed by atoms with Gasteiger partial charge in [0.1, 0.15) is 12.4 Å². The Balaban J connectivity index is 2.65. The maximum Gasteiger partial charge on any atom is 0.261 e. The minimum absolute atomic E-state index is 0.00276. The zero-order valence-corrected chi connectivity index (χ0v) is 13.9. The largest absolute Gasteiger partial charge is 0.496 e. The highest BCUT2D eigenvalue weighted by atomic mass is 79.9. The molecule has 0 bridgehead atoms. The lowest BCUT2D eigenvalue weighted by molar-refractivity contribution is 0.0167. The van der Waals surface area contributed by atoms with Gasteiger partial charge in [-0.25, -0.2) is 8.78 Å². The summed E-state index contributed by atoms with van der Waals surface area (Å²) in [6.07, 6.45) is -1.82. The molecule has 6 heteroatoms. The van der Waals surface area contributed by atoms with E-state index >= 15 is 0 Å². The van der Waals surface area contributed by atoms with Crippen LogP contribution in [0, 0.1) is 6.92 Å². The Morgan fingerprint density at radius 2 is 2.00 bits per heavy atom. The van der Waals surface area contributed by atoms with Crippen molar-refractivity contribution in [3.8, 4) is 5.75 Å². The maximum atomic E-state index is 11.9. The van der Waals surface area contributed by atoms with Crippen molar-refractivity contribution in [1.29, 1.82) is 0 Å². The number of benzene rings is 1. The number of aryl methyl sites for hydroxylation is 1. The highest BCUT2D eigenvalue weighted by Gasteiger charge is 2.15. The Bertz CT molecular complexity index is 414. The molecule has 0 spiro atoms. The molecule has 0 aliphatic heterocycles. The highest BCUT2D eigenvalue weighted by Crippen LogP contribution is 2.37. The molecule has 1 aromatic rings. The van der Waals surface area contributed by atoms with Gasteiger partial charge in [-0.2, -0.15) is 0 Å². The third-order valence-electron chi connectivity index (χ3n) is 2.61. The smallest absolute Gasteiger partial charge is 0.261 e. The average Bonchev–Trinajstić information content (AvgIpc) is 2.36.